The van der Waals surface area contributed by atoms with Crippen LogP contribution in [0.5, 0.6) is 11.5 Å². The third-order valence-corrected chi connectivity index (χ3v) is 19.0. The Morgan fingerprint density at radius 1 is 0.779 bits per heavy atom. The van der Waals surface area contributed by atoms with Crippen LogP contribution in [0.2, 0.25) is 0 Å². The molecular weight excluding hydrogens is 882 g/mol. The molecule has 14 heteroatoms. The number of hydrogen-bond donors (Lipinski definition) is 7. The van der Waals surface area contributed by atoms with Gasteiger partial charge in [0.2, 0.25) is 11.7 Å². The van der Waals surface area contributed by atoms with Gasteiger partial charge in [-0.1, -0.05) is 80.5 Å². The van der Waals surface area contributed by atoms with Gasteiger partial charge < -0.3 is 41.3 Å². The number of phenolic OH excluding ortho intramolecular Hbond substituents is 1. The van der Waals surface area contributed by atoms with Crippen molar-refractivity contribution in [3.05, 3.63) is 124 Å². The molecule has 0 aliphatic heterocycles. The van der Waals surface area contributed by atoms with Crippen LogP contribution in [0, 0.1) is 25.7 Å². The summed E-state index contributed by atoms with van der Waals surface area (Å²) in [6.07, 6.45) is 7.43. The van der Waals surface area contributed by atoms with Crippen molar-refractivity contribution in [2.45, 2.75) is 102 Å². The van der Waals surface area contributed by atoms with Gasteiger partial charge in [-0.2, -0.15) is 0 Å². The summed E-state index contributed by atoms with van der Waals surface area (Å²) in [4.78, 5) is 54.6. The van der Waals surface area contributed by atoms with Crippen LogP contribution in [0.4, 0.5) is 5.69 Å². The number of unbranched alkanes of at least 4 members (excludes halogenated alkanes) is 7. The molecule has 0 bridgehead atoms. The minimum Gasteiger partial charge on any atom is -0.508 e. The number of hydrogen-bond acceptors (Lipinski definition) is 11. The molecule has 0 spiro atoms. The van der Waals surface area contributed by atoms with Crippen LogP contribution in [0.3, 0.4) is 0 Å². The number of rotatable bonds is 18. The number of primary amides is 1. The number of nitrogens with one attached hydrogen (secondary N) is 1. The van der Waals surface area contributed by atoms with Gasteiger partial charge in [0.25, 0.3) is 5.91 Å². The number of aryl methyl sites for hydroxylation is 2. The van der Waals surface area contributed by atoms with Gasteiger partial charge in [0.15, 0.2) is 11.4 Å². The maximum Gasteiger partial charge on any atom is 0.255 e. The molecule has 3 aliphatic carbocycles. The van der Waals surface area contributed by atoms with E-state index in [0.29, 0.717) is 12.0 Å². The quantitative estimate of drug-likeness (QED) is 0.0245. The molecule has 0 heterocycles. The number of carbonyl (C=O) groups is 4. The van der Waals surface area contributed by atoms with Crippen LogP contribution in [0.1, 0.15) is 92.9 Å². The van der Waals surface area contributed by atoms with Crippen molar-refractivity contribution in [2.24, 2.45) is 17.6 Å². The summed E-state index contributed by atoms with van der Waals surface area (Å²) >= 11 is 0. The van der Waals surface area contributed by atoms with Crippen LogP contribution in [-0.4, -0.2) is 98.9 Å². The van der Waals surface area contributed by atoms with Gasteiger partial charge in [0.05, 0.1) is 42.6 Å². The number of nitrogens with two attached hydrogens (primary N) is 1. The summed E-state index contributed by atoms with van der Waals surface area (Å²) in [6.45, 7) is 5.91. The maximum absolute atomic E-state index is 14.3. The molecule has 6 atom stereocenters. The van der Waals surface area contributed by atoms with Gasteiger partial charge >= 0.3 is 0 Å². The Bertz CT molecular complexity index is 2580. The molecule has 0 aromatic heterocycles. The number of aromatic hydroxyl groups is 1. The summed E-state index contributed by atoms with van der Waals surface area (Å²) in [5.74, 6) is -9.28. The zero-order chi connectivity index (χ0) is 49.2. The molecule has 0 radical (unpaired) electrons. The third kappa shape index (κ3) is 8.97. The van der Waals surface area contributed by atoms with Gasteiger partial charge in [-0.3, -0.25) is 24.1 Å². The van der Waals surface area contributed by atoms with Gasteiger partial charge in [-0.25, -0.2) is 0 Å². The predicted octanol–water partition coefficient (Wildman–Crippen LogP) is 6.56. The van der Waals surface area contributed by atoms with Crippen LogP contribution in [0.15, 0.2) is 102 Å². The molecule has 4 aromatic carbocycles. The lowest BCUT2D eigenvalue weighted by Gasteiger charge is -2.53. The van der Waals surface area contributed by atoms with E-state index in [1.165, 1.54) is 52.1 Å². The first-order chi connectivity index (χ1) is 32.4. The molecule has 7 rings (SSSR count). The zero-order valence-corrected chi connectivity index (χ0v) is 40.7. The molecule has 3 aliphatic rings. The molecule has 2 amide bonds. The fourth-order valence-corrected chi connectivity index (χ4v) is 15.2. The summed E-state index contributed by atoms with van der Waals surface area (Å²) in [6, 6.07) is 28.4. The number of aliphatic hydroxyl groups excluding tert-OH is 3. The number of nitrogens with zero attached hydrogens (tertiary/aromatic N) is 1. The van der Waals surface area contributed by atoms with E-state index in [9.17, 15) is 44.7 Å². The lowest BCUT2D eigenvalue weighted by atomic mass is 9.54. The lowest BCUT2D eigenvalue weighted by molar-refractivity contribution is -0.169. The topological polar surface area (TPSA) is 220 Å². The molecule has 4 aromatic rings. The molecule has 1 fully saturated rings. The second-order valence-electron chi connectivity index (χ2n) is 19.0. The zero-order valence-electron chi connectivity index (χ0n) is 39.8. The molecule has 0 saturated heterocycles. The number of ether oxygens (including phenoxy) is 1. The summed E-state index contributed by atoms with van der Waals surface area (Å²) in [7, 11) is 2.64. The first kappa shape index (κ1) is 50.0. The highest BCUT2D eigenvalue weighted by Gasteiger charge is 2.68. The number of Topliss-reactive ketones (excluding diaryl/α,β-unsaturated/α-hetero) is 2. The van der Waals surface area contributed by atoms with E-state index >= 15 is 0 Å². The largest absolute Gasteiger partial charge is 0.508 e. The Kier molecular flexibility index (Phi) is 15.0. The number of benzene rings is 4. The Labute approximate surface area is 399 Å². The molecule has 1 saturated carbocycles. The first-order valence-corrected chi connectivity index (χ1v) is 25.5. The standard InChI is InChI=1S/C54H64N3O10P/c1-31-16-22-35(23-17-31)68(36-24-18-32(2)19-25-36,37-26-20-34(67-6)21-27-37)30-14-12-10-8-7-9-11-13-15-40(58)56-39-29-28-38-33(3)41-43(48(60)42(38)47(39)59)51(63)54(66)45(49(41)61)46(57(4)5)50(62)44(52(54)64)53(55)65/h16-29,33,41,45-46,49,61,66H,7-15,30H2,1-6H3,(H5-,55,56,58,59,60,62,63,64,65)/p+1/t33-,41+,45+,46-,49-,54-/m0/s1. The first-order valence-electron chi connectivity index (χ1n) is 23.6. The van der Waals surface area contributed by atoms with E-state index < -0.39 is 88.7 Å². The van der Waals surface area contributed by atoms with E-state index in [1.807, 2.05) is 0 Å². The van der Waals surface area contributed by atoms with Crippen molar-refractivity contribution in [2.75, 3.05) is 32.7 Å². The van der Waals surface area contributed by atoms with Crippen molar-refractivity contribution in [1.29, 1.82) is 0 Å². The van der Waals surface area contributed by atoms with Crippen molar-refractivity contribution in [1.82, 2.24) is 4.90 Å². The summed E-state index contributed by atoms with van der Waals surface area (Å²) in [5, 5.41) is 65.0. The molecule has 360 valence electrons. The summed E-state index contributed by atoms with van der Waals surface area (Å²) < 4.78 is 5.53. The number of fused-ring (bicyclic) bond motifs is 3. The van der Waals surface area contributed by atoms with Gasteiger partial charge in [0.1, 0.15) is 51.8 Å². The Hall–Kier alpha value is -5.85. The van der Waals surface area contributed by atoms with Crippen molar-refractivity contribution < 1.29 is 49.4 Å². The SMILES string of the molecule is COc1ccc([P+](CCCCCCCCCCC(=O)Nc2ccc3c(c2O)C(O)=C2C(=O)[C@]4(O)C(O)=C(C(N)=O)C(=O)[C@@H](N(C)C)[C@@H]4[C@@H](O)[C@@H]2[C@H]3C)(c2ccc(C)cc2)c2ccc(C)cc2)cc1. The average molecular weight is 947 g/mol. The number of amides is 2. The smallest absolute Gasteiger partial charge is 0.255 e. The van der Waals surface area contributed by atoms with Crippen molar-refractivity contribution >= 4 is 58.0 Å². The normalized spacial score (nSPS) is 22.5. The number of aliphatic hydroxyl groups is 4. The fraction of sp³-hybridized carbons (Fsp3) is 0.407. The molecule has 13 nitrogen and oxygen atoms in total. The molecule has 0 unspecified atom stereocenters. The van der Waals surface area contributed by atoms with E-state index in [2.05, 4.69) is 92.0 Å². The monoisotopic (exact) mass is 946 g/mol. The molecular formula is C54H65N3O10P+. The Balaban J connectivity index is 0.951. The van der Waals surface area contributed by atoms with E-state index in [-0.39, 0.29) is 23.6 Å². The minimum atomic E-state index is -3.01. The number of likely N-dealkylation sites (N-methyl/N-ethyl adjacent to an activating group) is 1. The number of anilines is 1. The fourth-order valence-electron chi connectivity index (χ4n) is 10.9. The minimum absolute atomic E-state index is 0.00940. The average Bonchev–Trinajstić information content (AvgIpc) is 3.31. The number of methoxy groups -OCH3 is 1. The highest BCUT2D eigenvalue weighted by Crippen LogP contribution is 2.58. The second kappa shape index (κ2) is 20.4. The van der Waals surface area contributed by atoms with Crippen LogP contribution >= 0.6 is 7.26 Å². The van der Waals surface area contributed by atoms with E-state index in [4.69, 9.17) is 10.5 Å². The maximum atomic E-state index is 14.3. The van der Waals surface area contributed by atoms with Gasteiger partial charge in [-0.15, -0.1) is 0 Å². The summed E-state index contributed by atoms with van der Waals surface area (Å²) in [5.41, 5.74) is 3.56. The van der Waals surface area contributed by atoms with Crippen LogP contribution < -0.4 is 31.7 Å². The molecule has 8 N–H and O–H groups in total. The highest BCUT2D eigenvalue weighted by molar-refractivity contribution is 7.95. The number of ketones is 2. The molecule has 68 heavy (non-hydrogen) atoms. The second-order valence-corrected chi connectivity index (χ2v) is 22.6. The number of phenols is 1. The number of carbonyl (C=O) groups excluding carboxylic acids is 4. The lowest BCUT2D eigenvalue weighted by Crippen LogP contribution is -2.70. The van der Waals surface area contributed by atoms with E-state index in [1.54, 1.807) is 20.1 Å². The third-order valence-electron chi connectivity index (χ3n) is 14.5. The van der Waals surface area contributed by atoms with Gasteiger partial charge in [0, 0.05) is 17.9 Å². The van der Waals surface area contributed by atoms with Gasteiger partial charge in [-0.05, 0) is 113 Å². The van der Waals surface area contributed by atoms with Crippen molar-refractivity contribution in [3.63, 3.8) is 0 Å². The van der Waals surface area contributed by atoms with Crippen LogP contribution in [-0.2, 0) is 19.2 Å². The Morgan fingerprint density at radius 2 is 1.29 bits per heavy atom. The van der Waals surface area contributed by atoms with E-state index in [0.717, 1.165) is 56.9 Å². The van der Waals surface area contributed by atoms with Crippen molar-refractivity contribution in [3.8, 4) is 11.5 Å². The highest BCUT2D eigenvalue weighted by atomic mass is 31.2. The Morgan fingerprint density at radius 3 is 1.81 bits per heavy atom. The van der Waals surface area contributed by atoms with Crippen LogP contribution in [0.25, 0.3) is 5.76 Å². The predicted molar refractivity (Wildman–Crippen MR) is 267 cm³/mol.